The molecule has 0 spiro atoms. The molecule has 1 aromatic rings. The maximum Gasteiger partial charge on any atom is 0.333 e. The van der Waals surface area contributed by atoms with Crippen LogP contribution >= 0.6 is 0 Å². The largest absolute Gasteiger partial charge is 0.463 e. The Balaban J connectivity index is 1.92. The lowest BCUT2D eigenvalue weighted by Gasteiger charge is -2.34. The molecule has 1 aromatic carbocycles. The van der Waals surface area contributed by atoms with Crippen LogP contribution in [0.15, 0.2) is 35.9 Å². The number of para-hydroxylation sites is 1. The van der Waals surface area contributed by atoms with Crippen molar-refractivity contribution in [1.82, 2.24) is 0 Å². The highest BCUT2D eigenvalue weighted by Gasteiger charge is 2.30. The van der Waals surface area contributed by atoms with Gasteiger partial charge >= 0.3 is 5.97 Å². The van der Waals surface area contributed by atoms with Crippen LogP contribution in [0.4, 0.5) is 5.69 Å². The normalized spacial score (nSPS) is 20.4. The Morgan fingerprint density at radius 1 is 1.29 bits per heavy atom. The molecule has 0 heterocycles. The van der Waals surface area contributed by atoms with Gasteiger partial charge in [-0.05, 0) is 69.4 Å². The molecule has 3 nitrogen and oxygen atoms in total. The Kier molecular flexibility index (Phi) is 6.89. The first-order chi connectivity index (χ1) is 11.6. The van der Waals surface area contributed by atoms with Gasteiger partial charge in [-0.25, -0.2) is 4.79 Å². The Bertz CT molecular complexity index is 579. The van der Waals surface area contributed by atoms with E-state index in [1.54, 1.807) is 0 Å². The number of anilines is 1. The number of benzene rings is 1. The van der Waals surface area contributed by atoms with Crippen LogP contribution in [0.3, 0.4) is 0 Å². The summed E-state index contributed by atoms with van der Waals surface area (Å²) in [5, 5.41) is 3.54. The van der Waals surface area contributed by atoms with Gasteiger partial charge < -0.3 is 10.1 Å². The van der Waals surface area contributed by atoms with Gasteiger partial charge in [0.15, 0.2) is 0 Å². The lowest BCUT2D eigenvalue weighted by Crippen LogP contribution is -2.25. The number of allylic oxidation sites excluding steroid dienone is 1. The fourth-order valence-electron chi connectivity index (χ4n) is 3.62. The standard InChI is InChI=1S/C21H31NO2/c1-4-21(13-8-11-18(16-21)20(23)24-5-2)14-9-15-22-19-12-7-6-10-17(19)3/h6-7,10,12,16,22H,4-5,8-9,11,13-15H2,1-3H3/t21-/m0/s1. The number of aryl methyl sites for hydroxylation is 1. The summed E-state index contributed by atoms with van der Waals surface area (Å²) in [6.45, 7) is 7.65. The van der Waals surface area contributed by atoms with Crippen LogP contribution < -0.4 is 5.32 Å². The highest BCUT2D eigenvalue weighted by Crippen LogP contribution is 2.41. The summed E-state index contributed by atoms with van der Waals surface area (Å²) in [7, 11) is 0. The summed E-state index contributed by atoms with van der Waals surface area (Å²) >= 11 is 0. The van der Waals surface area contributed by atoms with Crippen molar-refractivity contribution in [3.8, 4) is 0 Å². The second-order valence-electron chi connectivity index (χ2n) is 6.80. The molecule has 0 radical (unpaired) electrons. The van der Waals surface area contributed by atoms with Gasteiger partial charge in [0.05, 0.1) is 6.61 Å². The van der Waals surface area contributed by atoms with Crippen LogP contribution in [-0.2, 0) is 9.53 Å². The van der Waals surface area contributed by atoms with Crippen LogP contribution in [0, 0.1) is 12.3 Å². The third-order valence-electron chi connectivity index (χ3n) is 5.15. The third kappa shape index (κ3) is 4.86. The van der Waals surface area contributed by atoms with Crippen molar-refractivity contribution in [2.24, 2.45) is 5.41 Å². The molecule has 0 amide bonds. The monoisotopic (exact) mass is 329 g/mol. The molecule has 0 bridgehead atoms. The highest BCUT2D eigenvalue weighted by molar-refractivity contribution is 5.88. The number of rotatable bonds is 8. The molecule has 1 aliphatic carbocycles. The molecule has 0 saturated heterocycles. The summed E-state index contributed by atoms with van der Waals surface area (Å²) < 4.78 is 5.20. The van der Waals surface area contributed by atoms with Crippen LogP contribution in [0.1, 0.15) is 57.9 Å². The first-order valence-electron chi connectivity index (χ1n) is 9.28. The van der Waals surface area contributed by atoms with Crippen molar-refractivity contribution in [2.45, 2.75) is 59.3 Å². The third-order valence-corrected chi connectivity index (χ3v) is 5.15. The molecular formula is C21H31NO2. The van der Waals surface area contributed by atoms with E-state index in [-0.39, 0.29) is 11.4 Å². The average Bonchev–Trinajstić information content (AvgIpc) is 2.60. The molecule has 0 unspecified atom stereocenters. The van der Waals surface area contributed by atoms with Crippen molar-refractivity contribution >= 4 is 11.7 Å². The molecule has 0 fully saturated rings. The number of nitrogens with one attached hydrogen (secondary N) is 1. The van der Waals surface area contributed by atoms with Gasteiger partial charge in [-0.3, -0.25) is 0 Å². The number of carbonyl (C=O) groups excluding carboxylic acids is 1. The first kappa shape index (κ1) is 18.6. The quantitative estimate of drug-likeness (QED) is 0.522. The van der Waals surface area contributed by atoms with Gasteiger partial charge in [0, 0.05) is 17.8 Å². The second-order valence-corrected chi connectivity index (χ2v) is 6.80. The van der Waals surface area contributed by atoms with Gasteiger partial charge in [-0.2, -0.15) is 0 Å². The van der Waals surface area contributed by atoms with Crippen molar-refractivity contribution in [3.05, 3.63) is 41.5 Å². The van der Waals surface area contributed by atoms with E-state index in [0.717, 1.165) is 44.2 Å². The van der Waals surface area contributed by atoms with Crippen LogP contribution in [0.2, 0.25) is 0 Å². The maximum atomic E-state index is 12.1. The molecule has 0 aromatic heterocycles. The molecule has 3 heteroatoms. The maximum absolute atomic E-state index is 12.1. The first-order valence-corrected chi connectivity index (χ1v) is 9.28. The van der Waals surface area contributed by atoms with E-state index in [0.29, 0.717) is 6.61 Å². The van der Waals surface area contributed by atoms with E-state index in [4.69, 9.17) is 4.74 Å². The smallest absolute Gasteiger partial charge is 0.333 e. The van der Waals surface area contributed by atoms with E-state index >= 15 is 0 Å². The minimum absolute atomic E-state index is 0.118. The molecule has 1 N–H and O–H groups in total. The number of carbonyl (C=O) groups is 1. The lowest BCUT2D eigenvalue weighted by atomic mass is 9.71. The van der Waals surface area contributed by atoms with Crippen molar-refractivity contribution in [1.29, 1.82) is 0 Å². The Morgan fingerprint density at radius 2 is 2.08 bits per heavy atom. The van der Waals surface area contributed by atoms with E-state index < -0.39 is 0 Å². The minimum Gasteiger partial charge on any atom is -0.463 e. The van der Waals surface area contributed by atoms with Crippen molar-refractivity contribution < 1.29 is 9.53 Å². The molecule has 1 aliphatic rings. The fraction of sp³-hybridized carbons (Fsp3) is 0.571. The number of hydrogen-bond acceptors (Lipinski definition) is 3. The minimum atomic E-state index is -0.118. The molecule has 2 rings (SSSR count). The second kappa shape index (κ2) is 8.91. The summed E-state index contributed by atoms with van der Waals surface area (Å²) in [6, 6.07) is 8.39. The van der Waals surface area contributed by atoms with Crippen LogP contribution in [0.25, 0.3) is 0 Å². The van der Waals surface area contributed by atoms with Crippen LogP contribution in [-0.4, -0.2) is 19.1 Å². The number of ether oxygens (including phenoxy) is 1. The molecular weight excluding hydrogens is 298 g/mol. The topological polar surface area (TPSA) is 38.3 Å². The summed E-state index contributed by atoms with van der Waals surface area (Å²) in [5.74, 6) is -0.118. The van der Waals surface area contributed by atoms with Gasteiger partial charge in [-0.1, -0.05) is 31.2 Å². The number of esters is 1. The molecule has 1 atom stereocenters. The molecule has 132 valence electrons. The lowest BCUT2D eigenvalue weighted by molar-refractivity contribution is -0.138. The van der Waals surface area contributed by atoms with Crippen molar-refractivity contribution in [3.63, 3.8) is 0 Å². The Morgan fingerprint density at radius 3 is 2.79 bits per heavy atom. The van der Waals surface area contributed by atoms with Crippen LogP contribution in [0.5, 0.6) is 0 Å². The van der Waals surface area contributed by atoms with Gasteiger partial charge in [0.25, 0.3) is 0 Å². The molecule has 0 saturated carbocycles. The van der Waals surface area contributed by atoms with Crippen molar-refractivity contribution in [2.75, 3.05) is 18.5 Å². The van der Waals surface area contributed by atoms with Gasteiger partial charge in [-0.15, -0.1) is 0 Å². The summed E-state index contributed by atoms with van der Waals surface area (Å²) in [4.78, 5) is 12.1. The predicted octanol–water partition coefficient (Wildman–Crippen LogP) is 5.26. The Hall–Kier alpha value is -1.77. The van der Waals surface area contributed by atoms with E-state index in [2.05, 4.69) is 49.5 Å². The number of hydrogen-bond donors (Lipinski definition) is 1. The zero-order valence-electron chi connectivity index (χ0n) is 15.4. The SMILES string of the molecule is CCOC(=O)C1=C[C@](CC)(CCCNc2ccccc2C)CCC1. The van der Waals surface area contributed by atoms with E-state index in [9.17, 15) is 4.79 Å². The zero-order chi connectivity index (χ0) is 17.4. The van der Waals surface area contributed by atoms with Gasteiger partial charge in [0.1, 0.15) is 0 Å². The molecule has 0 aliphatic heterocycles. The summed E-state index contributed by atoms with van der Waals surface area (Å²) in [6.07, 6.45) is 8.66. The predicted molar refractivity (Wildman–Crippen MR) is 100 cm³/mol. The fourth-order valence-corrected chi connectivity index (χ4v) is 3.62. The summed E-state index contributed by atoms with van der Waals surface area (Å²) in [5.41, 5.74) is 3.55. The van der Waals surface area contributed by atoms with E-state index in [1.807, 2.05) is 6.92 Å². The highest BCUT2D eigenvalue weighted by atomic mass is 16.5. The Labute approximate surface area is 146 Å². The van der Waals surface area contributed by atoms with Gasteiger partial charge in [0.2, 0.25) is 0 Å². The zero-order valence-corrected chi connectivity index (χ0v) is 15.4. The molecule has 24 heavy (non-hydrogen) atoms. The van der Waals surface area contributed by atoms with E-state index in [1.165, 1.54) is 17.7 Å². The average molecular weight is 329 g/mol.